The normalized spacial score (nSPS) is 22.3. The molecule has 1 heterocycles. The first-order chi connectivity index (χ1) is 14.9. The molecule has 0 saturated heterocycles. The molecule has 0 aromatic heterocycles. The molecule has 170 valence electrons. The molecule has 0 spiro atoms. The zero-order valence-corrected chi connectivity index (χ0v) is 20.3. The largest absolute Gasteiger partial charge is 0.546 e. The fraction of sp³-hybridized carbons (Fsp3) is 0.480. The molecule has 0 atom stereocenters. The van der Waals surface area contributed by atoms with Gasteiger partial charge in [-0.1, -0.05) is 33.8 Å². The second-order valence-corrected chi connectivity index (χ2v) is 11.3. The third-order valence-corrected chi connectivity index (χ3v) is 6.84. The van der Waals surface area contributed by atoms with Crippen LogP contribution in [0.2, 0.25) is 0 Å². The minimum absolute atomic E-state index is 0.00108. The summed E-state index contributed by atoms with van der Waals surface area (Å²) < 4.78 is 12.1. The van der Waals surface area contributed by atoms with Gasteiger partial charge in [-0.25, -0.2) is 0 Å². The van der Waals surface area contributed by atoms with Gasteiger partial charge in [0.15, 0.2) is 11.6 Å². The number of hydrogen-bond donors (Lipinski definition) is 0. The summed E-state index contributed by atoms with van der Waals surface area (Å²) in [5, 5.41) is 10.7. The second kappa shape index (κ2) is 7.87. The molecule has 6 nitrogen and oxygen atoms in total. The van der Waals surface area contributed by atoms with Crippen LogP contribution in [-0.4, -0.2) is 24.1 Å². The monoisotopic (exact) mass is 501 g/mol. The minimum atomic E-state index is -1.32. The van der Waals surface area contributed by atoms with E-state index in [1.807, 2.05) is 27.7 Å². The van der Waals surface area contributed by atoms with Crippen molar-refractivity contribution in [2.75, 3.05) is 6.61 Å². The quantitative estimate of drug-likeness (QED) is 0.619. The first-order valence-electron chi connectivity index (χ1n) is 10.7. The third kappa shape index (κ3) is 4.27. The molecular formula is C25H26BrO6-. The van der Waals surface area contributed by atoms with Gasteiger partial charge in [-0.15, -0.1) is 0 Å². The van der Waals surface area contributed by atoms with Crippen molar-refractivity contribution in [3.05, 3.63) is 50.9 Å². The molecule has 0 N–H and O–H groups in total. The SMILES string of the molecule is CC1(C)CC(=O)C2=C(C1)OC1=C(C(=O)CC(C)(C)C1)C2c1ccc(OCC(=O)[O-])c(Br)c1. The molecule has 32 heavy (non-hydrogen) atoms. The molecule has 0 amide bonds. The van der Waals surface area contributed by atoms with Crippen LogP contribution in [0.5, 0.6) is 5.75 Å². The van der Waals surface area contributed by atoms with Gasteiger partial charge < -0.3 is 19.4 Å². The van der Waals surface area contributed by atoms with Crippen molar-refractivity contribution in [2.45, 2.75) is 59.3 Å². The lowest BCUT2D eigenvalue weighted by atomic mass is 9.65. The van der Waals surface area contributed by atoms with Crippen LogP contribution in [-0.2, 0) is 19.1 Å². The maximum atomic E-state index is 13.3. The Morgan fingerprint density at radius 1 is 1.03 bits per heavy atom. The first-order valence-corrected chi connectivity index (χ1v) is 11.5. The topological polar surface area (TPSA) is 92.7 Å². The van der Waals surface area contributed by atoms with E-state index in [0.29, 0.717) is 58.6 Å². The van der Waals surface area contributed by atoms with Crippen molar-refractivity contribution in [1.82, 2.24) is 0 Å². The van der Waals surface area contributed by atoms with E-state index in [1.165, 1.54) is 0 Å². The van der Waals surface area contributed by atoms with E-state index >= 15 is 0 Å². The van der Waals surface area contributed by atoms with Crippen LogP contribution < -0.4 is 9.84 Å². The van der Waals surface area contributed by atoms with E-state index in [9.17, 15) is 19.5 Å². The van der Waals surface area contributed by atoms with Crippen molar-refractivity contribution in [1.29, 1.82) is 0 Å². The Hall–Kier alpha value is -2.41. The number of carboxylic acids is 1. The predicted octanol–water partition coefficient (Wildman–Crippen LogP) is 3.98. The number of ether oxygens (including phenoxy) is 2. The maximum absolute atomic E-state index is 13.3. The van der Waals surface area contributed by atoms with E-state index < -0.39 is 18.5 Å². The van der Waals surface area contributed by atoms with Crippen molar-refractivity contribution in [3.63, 3.8) is 0 Å². The number of benzene rings is 1. The van der Waals surface area contributed by atoms with Gasteiger partial charge in [0.25, 0.3) is 0 Å². The fourth-order valence-corrected chi connectivity index (χ4v) is 5.47. The molecule has 1 aromatic carbocycles. The Bertz CT molecular complexity index is 1040. The van der Waals surface area contributed by atoms with E-state index in [-0.39, 0.29) is 22.4 Å². The molecule has 0 bridgehead atoms. The van der Waals surface area contributed by atoms with E-state index in [2.05, 4.69) is 15.9 Å². The molecule has 1 aliphatic heterocycles. The van der Waals surface area contributed by atoms with Crippen LogP contribution in [0.3, 0.4) is 0 Å². The molecule has 3 aliphatic rings. The lowest BCUT2D eigenvalue weighted by molar-refractivity contribution is -0.307. The number of hydrogen-bond acceptors (Lipinski definition) is 6. The number of halogens is 1. The summed E-state index contributed by atoms with van der Waals surface area (Å²) >= 11 is 3.43. The number of carboxylic acid groups (broad SMARTS) is 1. The van der Waals surface area contributed by atoms with Crippen molar-refractivity contribution >= 4 is 33.5 Å². The summed E-state index contributed by atoms with van der Waals surface area (Å²) in [6.07, 6.45) is 2.04. The average Bonchev–Trinajstić information content (AvgIpc) is 2.63. The Labute approximate surface area is 195 Å². The molecular weight excluding hydrogens is 476 g/mol. The van der Waals surface area contributed by atoms with Crippen molar-refractivity contribution in [2.24, 2.45) is 10.8 Å². The van der Waals surface area contributed by atoms with Crippen molar-refractivity contribution in [3.8, 4) is 5.75 Å². The number of Topliss-reactive ketones (excluding diaryl/α,β-unsaturated/α-hetero) is 2. The van der Waals surface area contributed by atoms with Crippen LogP contribution in [0.1, 0.15) is 64.9 Å². The van der Waals surface area contributed by atoms with Gasteiger partial charge in [0.2, 0.25) is 0 Å². The van der Waals surface area contributed by atoms with E-state index in [1.54, 1.807) is 18.2 Å². The van der Waals surface area contributed by atoms with E-state index in [4.69, 9.17) is 9.47 Å². The standard InChI is InChI=1S/C25H27BrO6/c1-24(2)8-15(27)22-18(10-24)32-19-11-25(3,4)9-16(28)23(19)21(22)13-5-6-17(14(26)7-13)31-12-20(29)30/h5-7,21H,8-12H2,1-4H3,(H,29,30)/p-1. The summed E-state index contributed by atoms with van der Waals surface area (Å²) in [7, 11) is 0. The van der Waals surface area contributed by atoms with Gasteiger partial charge in [0.1, 0.15) is 23.9 Å². The summed E-state index contributed by atoms with van der Waals surface area (Å²) in [6.45, 7) is 7.63. The molecule has 0 fully saturated rings. The molecule has 0 radical (unpaired) electrons. The highest BCUT2D eigenvalue weighted by Gasteiger charge is 2.47. The summed E-state index contributed by atoms with van der Waals surface area (Å²) in [6, 6.07) is 5.21. The average molecular weight is 502 g/mol. The molecule has 0 unspecified atom stereocenters. The highest BCUT2D eigenvalue weighted by molar-refractivity contribution is 9.10. The van der Waals surface area contributed by atoms with Crippen molar-refractivity contribution < 1.29 is 29.0 Å². The van der Waals surface area contributed by atoms with E-state index in [0.717, 1.165) is 5.56 Å². The lowest BCUT2D eigenvalue weighted by Crippen LogP contribution is -2.37. The first kappa shape index (κ1) is 22.8. The van der Waals surface area contributed by atoms with Gasteiger partial charge in [0, 0.05) is 42.7 Å². The molecule has 2 aliphatic carbocycles. The highest BCUT2D eigenvalue weighted by Crippen LogP contribution is 2.53. The van der Waals surface area contributed by atoms with Crippen LogP contribution in [0.15, 0.2) is 45.3 Å². The number of carbonyl (C=O) groups is 3. The smallest absolute Gasteiger partial charge is 0.163 e. The van der Waals surface area contributed by atoms with Crippen LogP contribution in [0.4, 0.5) is 0 Å². The van der Waals surface area contributed by atoms with Gasteiger partial charge in [-0.2, -0.15) is 0 Å². The zero-order chi connectivity index (χ0) is 23.4. The molecule has 0 saturated carbocycles. The molecule has 1 aromatic rings. The third-order valence-electron chi connectivity index (χ3n) is 6.22. The number of rotatable bonds is 4. The summed E-state index contributed by atoms with van der Waals surface area (Å²) in [5.74, 6) is -0.158. The predicted molar refractivity (Wildman–Crippen MR) is 119 cm³/mol. The van der Waals surface area contributed by atoms with Gasteiger partial charge in [-0.3, -0.25) is 9.59 Å². The van der Waals surface area contributed by atoms with Crippen LogP contribution >= 0.6 is 15.9 Å². The Morgan fingerprint density at radius 2 is 1.56 bits per heavy atom. The number of allylic oxidation sites excluding steroid dienone is 4. The Kier molecular flexibility index (Phi) is 5.60. The Morgan fingerprint density at radius 3 is 2.03 bits per heavy atom. The lowest BCUT2D eigenvalue weighted by Gasteiger charge is -2.42. The van der Waals surface area contributed by atoms with Gasteiger partial charge in [-0.05, 0) is 44.5 Å². The fourth-order valence-electron chi connectivity index (χ4n) is 4.96. The minimum Gasteiger partial charge on any atom is -0.546 e. The van der Waals surface area contributed by atoms with Gasteiger partial charge >= 0.3 is 0 Å². The van der Waals surface area contributed by atoms with Crippen LogP contribution in [0.25, 0.3) is 0 Å². The summed E-state index contributed by atoms with van der Waals surface area (Å²) in [4.78, 5) is 37.3. The van der Waals surface area contributed by atoms with Crippen LogP contribution in [0, 0.1) is 10.8 Å². The Balaban J connectivity index is 1.83. The molecule has 7 heteroatoms. The second-order valence-electron chi connectivity index (χ2n) is 10.4. The summed E-state index contributed by atoms with van der Waals surface area (Å²) in [5.41, 5.74) is 1.46. The zero-order valence-electron chi connectivity index (χ0n) is 18.7. The maximum Gasteiger partial charge on any atom is 0.163 e. The highest BCUT2D eigenvalue weighted by atomic mass is 79.9. The molecule has 4 rings (SSSR count). The number of carbonyl (C=O) groups excluding carboxylic acids is 3. The number of ketones is 2. The number of aliphatic carboxylic acids is 1. The van der Waals surface area contributed by atoms with Gasteiger partial charge in [0.05, 0.1) is 10.4 Å².